The minimum atomic E-state index is -4.17. The summed E-state index contributed by atoms with van der Waals surface area (Å²) >= 11 is 6.36. The molecule has 208 valence electrons. The first-order valence-electron chi connectivity index (χ1n) is 12.5. The Morgan fingerprint density at radius 1 is 1.03 bits per heavy atom. The van der Waals surface area contributed by atoms with Gasteiger partial charge in [-0.2, -0.15) is 0 Å². The van der Waals surface area contributed by atoms with Crippen molar-refractivity contribution in [1.82, 2.24) is 10.2 Å². The summed E-state index contributed by atoms with van der Waals surface area (Å²) in [6, 6.07) is 17.7. The van der Waals surface area contributed by atoms with Crippen LogP contribution in [0.15, 0.2) is 71.6 Å². The van der Waals surface area contributed by atoms with Crippen molar-refractivity contribution < 1.29 is 22.7 Å². The van der Waals surface area contributed by atoms with E-state index in [1.54, 1.807) is 69.5 Å². The van der Waals surface area contributed by atoms with Crippen LogP contribution in [0.2, 0.25) is 5.02 Å². The molecule has 10 heteroatoms. The zero-order valence-electron chi connectivity index (χ0n) is 22.8. The van der Waals surface area contributed by atoms with Crippen LogP contribution in [0.3, 0.4) is 0 Å². The fourth-order valence-electron chi connectivity index (χ4n) is 4.27. The maximum absolute atomic E-state index is 14.0. The molecule has 8 nitrogen and oxygen atoms in total. The Bertz CT molecular complexity index is 1430. The molecule has 3 rings (SSSR count). The van der Waals surface area contributed by atoms with E-state index >= 15 is 0 Å². The molecule has 2 amide bonds. The Balaban J connectivity index is 2.11. The zero-order valence-corrected chi connectivity index (χ0v) is 24.3. The van der Waals surface area contributed by atoms with Crippen molar-refractivity contribution in [2.75, 3.05) is 25.0 Å². The van der Waals surface area contributed by atoms with Gasteiger partial charge in [0.1, 0.15) is 18.3 Å². The number of methoxy groups -OCH3 is 1. The number of benzene rings is 3. The summed E-state index contributed by atoms with van der Waals surface area (Å²) in [6.07, 6.45) is 0.330. The van der Waals surface area contributed by atoms with E-state index in [1.807, 2.05) is 13.0 Å². The molecular weight excluding hydrogens is 538 g/mol. The first-order valence-corrected chi connectivity index (χ1v) is 14.3. The summed E-state index contributed by atoms with van der Waals surface area (Å²) in [6.45, 7) is 4.91. The minimum absolute atomic E-state index is 0.0398. The summed E-state index contributed by atoms with van der Waals surface area (Å²) in [5, 5.41) is 2.99. The van der Waals surface area contributed by atoms with Crippen molar-refractivity contribution in [3.63, 3.8) is 0 Å². The van der Waals surface area contributed by atoms with Crippen LogP contribution in [-0.4, -0.2) is 51.9 Å². The highest BCUT2D eigenvalue weighted by Gasteiger charge is 2.34. The molecule has 0 unspecified atom stereocenters. The lowest BCUT2D eigenvalue weighted by molar-refractivity contribution is -0.140. The number of halogens is 1. The second-order valence-electron chi connectivity index (χ2n) is 9.12. The van der Waals surface area contributed by atoms with Crippen molar-refractivity contribution in [2.24, 2.45) is 0 Å². The highest BCUT2D eigenvalue weighted by Crippen LogP contribution is 2.31. The van der Waals surface area contributed by atoms with Crippen LogP contribution < -0.4 is 14.4 Å². The van der Waals surface area contributed by atoms with Crippen molar-refractivity contribution >= 4 is 39.1 Å². The monoisotopic (exact) mass is 571 g/mol. The number of nitrogens with zero attached hydrogens (tertiary/aromatic N) is 2. The van der Waals surface area contributed by atoms with Crippen molar-refractivity contribution in [1.29, 1.82) is 0 Å². The van der Waals surface area contributed by atoms with Gasteiger partial charge in [0.2, 0.25) is 11.8 Å². The fourth-order valence-corrected chi connectivity index (χ4v) is 5.91. The molecule has 0 saturated carbocycles. The Hall–Kier alpha value is -3.56. The van der Waals surface area contributed by atoms with Gasteiger partial charge in [-0.1, -0.05) is 54.4 Å². The molecule has 0 aliphatic heterocycles. The van der Waals surface area contributed by atoms with Gasteiger partial charge in [-0.3, -0.25) is 13.9 Å². The largest absolute Gasteiger partial charge is 0.497 e. The van der Waals surface area contributed by atoms with Crippen LogP contribution in [0.1, 0.15) is 30.0 Å². The van der Waals surface area contributed by atoms with Crippen LogP contribution in [0.4, 0.5) is 5.69 Å². The SMILES string of the molecule is CC[C@H](C(=O)NC)N(Cc1cccc(OC)c1)C(=O)CN(c1cccc(Cl)c1C)S(=O)(=O)c1ccc(C)cc1. The third-order valence-electron chi connectivity index (χ3n) is 6.52. The third-order valence-corrected chi connectivity index (χ3v) is 8.70. The smallest absolute Gasteiger partial charge is 0.264 e. The van der Waals surface area contributed by atoms with Gasteiger partial charge in [-0.25, -0.2) is 8.42 Å². The van der Waals surface area contributed by atoms with E-state index < -0.39 is 28.5 Å². The Morgan fingerprint density at radius 3 is 2.31 bits per heavy atom. The maximum atomic E-state index is 14.0. The standard InChI is InChI=1S/C29H34ClN3O5S/c1-6-26(29(35)31-4)32(18-22-9-7-10-23(17-22)38-5)28(34)19-33(27-12-8-11-25(30)21(27)3)39(36,37)24-15-13-20(2)14-16-24/h7-17,26H,6,18-19H2,1-5H3,(H,31,35)/t26-/m1/s1. The van der Waals surface area contributed by atoms with Crippen LogP contribution in [-0.2, 0) is 26.2 Å². The molecular formula is C29H34ClN3O5S. The summed E-state index contributed by atoms with van der Waals surface area (Å²) in [7, 11) is -1.13. The topological polar surface area (TPSA) is 96.0 Å². The van der Waals surface area contributed by atoms with Crippen molar-refractivity contribution in [3.05, 3.63) is 88.4 Å². The first kappa shape index (κ1) is 30.0. The Kier molecular flexibility index (Phi) is 9.99. The molecule has 1 atom stereocenters. The number of aryl methyl sites for hydroxylation is 1. The molecule has 0 aromatic heterocycles. The van der Waals surface area contributed by atoms with Gasteiger partial charge in [0, 0.05) is 18.6 Å². The molecule has 39 heavy (non-hydrogen) atoms. The predicted molar refractivity (Wildman–Crippen MR) is 154 cm³/mol. The number of carbonyl (C=O) groups excluding carboxylic acids is 2. The van der Waals surface area contributed by atoms with E-state index in [2.05, 4.69) is 5.32 Å². The summed E-state index contributed by atoms with van der Waals surface area (Å²) in [5.41, 5.74) is 2.43. The quantitative estimate of drug-likeness (QED) is 0.359. The highest BCUT2D eigenvalue weighted by molar-refractivity contribution is 7.92. The van der Waals surface area contributed by atoms with Gasteiger partial charge in [0.15, 0.2) is 0 Å². The highest BCUT2D eigenvalue weighted by atomic mass is 35.5. The number of hydrogen-bond donors (Lipinski definition) is 1. The maximum Gasteiger partial charge on any atom is 0.264 e. The van der Waals surface area contributed by atoms with Gasteiger partial charge in [-0.05, 0) is 67.8 Å². The van der Waals surface area contributed by atoms with Gasteiger partial charge < -0.3 is 15.0 Å². The van der Waals surface area contributed by atoms with Gasteiger partial charge in [0.05, 0.1) is 17.7 Å². The lowest BCUT2D eigenvalue weighted by atomic mass is 10.1. The number of anilines is 1. The average molecular weight is 572 g/mol. The van der Waals surface area contributed by atoms with E-state index in [4.69, 9.17) is 16.3 Å². The molecule has 3 aromatic rings. The zero-order chi connectivity index (χ0) is 28.7. The fraction of sp³-hybridized carbons (Fsp3) is 0.310. The second-order valence-corrected chi connectivity index (χ2v) is 11.4. The number of sulfonamides is 1. The third kappa shape index (κ3) is 6.91. The number of likely N-dealkylation sites (N-methyl/N-ethyl adjacent to an activating group) is 1. The summed E-state index contributed by atoms with van der Waals surface area (Å²) in [4.78, 5) is 28.3. The molecule has 0 bridgehead atoms. The van der Waals surface area contributed by atoms with E-state index in [1.165, 1.54) is 24.1 Å². The molecule has 0 aliphatic carbocycles. The molecule has 0 spiro atoms. The number of nitrogens with one attached hydrogen (secondary N) is 1. The molecule has 0 heterocycles. The minimum Gasteiger partial charge on any atom is -0.497 e. The van der Waals surface area contributed by atoms with E-state index in [-0.39, 0.29) is 23.0 Å². The normalized spacial score (nSPS) is 11.9. The van der Waals surface area contributed by atoms with Gasteiger partial charge >= 0.3 is 0 Å². The Morgan fingerprint density at radius 2 is 1.69 bits per heavy atom. The summed E-state index contributed by atoms with van der Waals surface area (Å²) < 4.78 is 34.3. The van der Waals surface area contributed by atoms with Crippen LogP contribution in [0.25, 0.3) is 0 Å². The van der Waals surface area contributed by atoms with Crippen LogP contribution in [0.5, 0.6) is 5.75 Å². The van der Waals surface area contributed by atoms with Crippen molar-refractivity contribution in [3.8, 4) is 5.75 Å². The average Bonchev–Trinajstić information content (AvgIpc) is 2.93. The van der Waals surface area contributed by atoms with E-state index in [0.717, 1.165) is 15.4 Å². The lowest BCUT2D eigenvalue weighted by Crippen LogP contribution is -2.51. The molecule has 1 N–H and O–H groups in total. The number of rotatable bonds is 11. The molecule has 0 saturated heterocycles. The molecule has 0 radical (unpaired) electrons. The predicted octanol–water partition coefficient (Wildman–Crippen LogP) is 4.71. The lowest BCUT2D eigenvalue weighted by Gasteiger charge is -2.33. The van der Waals surface area contributed by atoms with Crippen LogP contribution in [0, 0.1) is 13.8 Å². The number of hydrogen-bond acceptors (Lipinski definition) is 5. The first-order chi connectivity index (χ1) is 18.5. The van der Waals surface area contributed by atoms with E-state index in [0.29, 0.717) is 22.8 Å². The van der Waals surface area contributed by atoms with Crippen LogP contribution >= 0.6 is 11.6 Å². The molecule has 3 aromatic carbocycles. The van der Waals surface area contributed by atoms with E-state index in [9.17, 15) is 18.0 Å². The Labute approximate surface area is 235 Å². The number of ether oxygens (including phenoxy) is 1. The molecule has 0 aliphatic rings. The number of carbonyl (C=O) groups is 2. The summed E-state index contributed by atoms with van der Waals surface area (Å²) in [5.74, 6) is -0.282. The molecule has 0 fully saturated rings. The van der Waals surface area contributed by atoms with Gasteiger partial charge in [-0.15, -0.1) is 0 Å². The second kappa shape index (κ2) is 13.0. The van der Waals surface area contributed by atoms with Crippen molar-refractivity contribution in [2.45, 2.75) is 44.7 Å². The van der Waals surface area contributed by atoms with Gasteiger partial charge in [0.25, 0.3) is 10.0 Å². The number of amides is 2.